The van der Waals surface area contributed by atoms with Gasteiger partial charge in [-0.25, -0.2) is 9.78 Å². The maximum atomic E-state index is 12.0. The molecule has 3 N–H and O–H groups in total. The van der Waals surface area contributed by atoms with E-state index >= 15 is 0 Å². The van der Waals surface area contributed by atoms with Gasteiger partial charge in [0, 0.05) is 18.0 Å². The molecule has 0 spiro atoms. The summed E-state index contributed by atoms with van der Waals surface area (Å²) in [6.07, 6.45) is 1.97. The molecule has 2 heterocycles. The number of rotatable bonds is 8. The second-order valence-corrected chi connectivity index (χ2v) is 8.81. The molecule has 0 aliphatic rings. The fraction of sp³-hybridized carbons (Fsp3) is 0.292. The number of imidazole rings is 1. The van der Waals surface area contributed by atoms with Crippen LogP contribution in [0.25, 0.3) is 22.5 Å². The van der Waals surface area contributed by atoms with Crippen molar-refractivity contribution in [2.75, 3.05) is 0 Å². The van der Waals surface area contributed by atoms with Gasteiger partial charge in [0.2, 0.25) is 5.82 Å². The van der Waals surface area contributed by atoms with E-state index in [1.165, 1.54) is 0 Å². The van der Waals surface area contributed by atoms with Crippen LogP contribution in [0.5, 0.6) is 0 Å². The van der Waals surface area contributed by atoms with Crippen molar-refractivity contribution >= 4 is 5.97 Å². The predicted molar refractivity (Wildman–Crippen MR) is 123 cm³/mol. The number of benzene rings is 2. The van der Waals surface area contributed by atoms with E-state index in [1.807, 2.05) is 55.5 Å². The summed E-state index contributed by atoms with van der Waals surface area (Å²) in [7, 11) is 0. The van der Waals surface area contributed by atoms with Crippen LogP contribution in [0.2, 0.25) is 0 Å². The fourth-order valence-corrected chi connectivity index (χ4v) is 4.15. The van der Waals surface area contributed by atoms with E-state index in [9.17, 15) is 15.0 Å². The number of tetrazole rings is 1. The van der Waals surface area contributed by atoms with Crippen LogP contribution in [0.4, 0.5) is 0 Å². The van der Waals surface area contributed by atoms with Crippen molar-refractivity contribution in [1.29, 1.82) is 0 Å². The molecule has 4 aromatic rings. The standard InChI is InChI=1S/C24H26N6O3/c1-15(12-24(2,3)33)20-21(23(31)32)30(14-25-20)13-16-8-10-17(11-9-16)18-6-4-5-7-19(18)22-26-28-29-27-22/h4-11,14-15,33H,12-13H2,1-3H3,(H,31,32)(H,26,27,28,29). The number of hydrogen-bond acceptors (Lipinski definition) is 6. The SMILES string of the molecule is CC(CC(C)(C)O)c1ncn(Cc2ccc(-c3ccccc3-c3nn[nH]n3)cc2)c1C(=O)O. The van der Waals surface area contributed by atoms with Gasteiger partial charge in [-0.1, -0.05) is 55.5 Å². The average molecular weight is 447 g/mol. The molecule has 9 heteroatoms. The first-order valence-electron chi connectivity index (χ1n) is 10.7. The Hall–Kier alpha value is -3.85. The van der Waals surface area contributed by atoms with Crippen LogP contribution in [-0.2, 0) is 6.54 Å². The minimum absolute atomic E-state index is 0.151. The number of nitrogens with zero attached hydrogens (tertiary/aromatic N) is 5. The normalized spacial score (nSPS) is 12.6. The Morgan fingerprint density at radius 2 is 1.82 bits per heavy atom. The van der Waals surface area contributed by atoms with Crippen LogP contribution >= 0.6 is 0 Å². The highest BCUT2D eigenvalue weighted by Crippen LogP contribution is 2.30. The van der Waals surface area contributed by atoms with E-state index in [2.05, 4.69) is 25.6 Å². The molecule has 0 aliphatic heterocycles. The number of carboxylic acid groups (broad SMARTS) is 1. The van der Waals surface area contributed by atoms with Crippen molar-refractivity contribution in [3.05, 3.63) is 71.8 Å². The zero-order chi connectivity index (χ0) is 23.6. The summed E-state index contributed by atoms with van der Waals surface area (Å²) in [6.45, 7) is 5.67. The Balaban J connectivity index is 1.59. The highest BCUT2D eigenvalue weighted by atomic mass is 16.4. The summed E-state index contributed by atoms with van der Waals surface area (Å²) < 4.78 is 1.64. The van der Waals surface area contributed by atoms with Gasteiger partial charge in [-0.15, -0.1) is 10.2 Å². The number of H-pyrrole nitrogens is 1. The largest absolute Gasteiger partial charge is 0.477 e. The molecule has 0 fully saturated rings. The minimum atomic E-state index is -1.03. The summed E-state index contributed by atoms with van der Waals surface area (Å²) in [4.78, 5) is 16.4. The third-order valence-corrected chi connectivity index (χ3v) is 5.47. The van der Waals surface area contributed by atoms with Crippen LogP contribution in [0.3, 0.4) is 0 Å². The topological polar surface area (TPSA) is 130 Å². The average Bonchev–Trinajstić information content (AvgIpc) is 3.43. The minimum Gasteiger partial charge on any atom is -0.477 e. The van der Waals surface area contributed by atoms with Crippen LogP contribution in [0, 0.1) is 0 Å². The number of aromatic nitrogens is 6. The molecule has 0 saturated heterocycles. The summed E-state index contributed by atoms with van der Waals surface area (Å²) in [5.41, 5.74) is 3.50. The van der Waals surface area contributed by atoms with E-state index in [0.717, 1.165) is 22.3 Å². The monoisotopic (exact) mass is 446 g/mol. The zero-order valence-corrected chi connectivity index (χ0v) is 18.7. The van der Waals surface area contributed by atoms with Crippen molar-refractivity contribution < 1.29 is 15.0 Å². The van der Waals surface area contributed by atoms with Gasteiger partial charge in [0.05, 0.1) is 17.6 Å². The second-order valence-electron chi connectivity index (χ2n) is 8.81. The molecule has 4 rings (SSSR count). The molecule has 9 nitrogen and oxygen atoms in total. The first-order valence-corrected chi connectivity index (χ1v) is 10.7. The molecule has 2 aromatic carbocycles. The Bertz CT molecular complexity index is 1240. The van der Waals surface area contributed by atoms with Gasteiger partial charge in [0.1, 0.15) is 0 Å². The molecule has 0 saturated carbocycles. The van der Waals surface area contributed by atoms with Crippen molar-refractivity contribution in [2.24, 2.45) is 0 Å². The maximum Gasteiger partial charge on any atom is 0.354 e. The van der Waals surface area contributed by atoms with E-state index < -0.39 is 11.6 Å². The van der Waals surface area contributed by atoms with Gasteiger partial charge in [0.15, 0.2) is 5.69 Å². The summed E-state index contributed by atoms with van der Waals surface area (Å²) in [5, 5.41) is 34.2. The van der Waals surface area contributed by atoms with Crippen LogP contribution in [0.1, 0.15) is 54.9 Å². The van der Waals surface area contributed by atoms with Gasteiger partial charge in [0.25, 0.3) is 0 Å². The quantitative estimate of drug-likeness (QED) is 0.376. The number of aromatic amines is 1. The van der Waals surface area contributed by atoms with Gasteiger partial charge >= 0.3 is 5.97 Å². The number of aromatic carboxylic acids is 1. The van der Waals surface area contributed by atoms with Crippen molar-refractivity contribution in [3.63, 3.8) is 0 Å². The number of hydrogen-bond donors (Lipinski definition) is 3. The smallest absolute Gasteiger partial charge is 0.354 e. The van der Waals surface area contributed by atoms with E-state index in [4.69, 9.17) is 0 Å². The van der Waals surface area contributed by atoms with E-state index in [1.54, 1.807) is 24.7 Å². The second kappa shape index (κ2) is 8.95. The third kappa shape index (κ3) is 4.98. The first-order chi connectivity index (χ1) is 15.7. The van der Waals surface area contributed by atoms with Gasteiger partial charge in [-0.3, -0.25) is 0 Å². The lowest BCUT2D eigenvalue weighted by Crippen LogP contribution is -2.22. The lowest BCUT2D eigenvalue weighted by molar-refractivity contribution is 0.0621. The van der Waals surface area contributed by atoms with E-state index in [-0.39, 0.29) is 11.6 Å². The molecule has 1 atom stereocenters. The lowest BCUT2D eigenvalue weighted by atomic mass is 9.91. The first kappa shape index (κ1) is 22.3. The Morgan fingerprint density at radius 1 is 1.12 bits per heavy atom. The summed E-state index contributed by atoms with van der Waals surface area (Å²) >= 11 is 0. The van der Waals surface area contributed by atoms with Crippen LogP contribution in [0.15, 0.2) is 54.9 Å². The van der Waals surface area contributed by atoms with Crippen molar-refractivity contribution in [2.45, 2.75) is 45.3 Å². The molecule has 0 radical (unpaired) electrons. The Morgan fingerprint density at radius 3 is 2.42 bits per heavy atom. The molecule has 2 aromatic heterocycles. The number of aliphatic hydroxyl groups is 1. The van der Waals surface area contributed by atoms with Crippen molar-refractivity contribution in [3.8, 4) is 22.5 Å². The number of carbonyl (C=O) groups is 1. The highest BCUT2D eigenvalue weighted by Gasteiger charge is 2.26. The molecular weight excluding hydrogens is 420 g/mol. The number of carboxylic acids is 1. The molecular formula is C24H26N6O3. The predicted octanol–water partition coefficient (Wildman–Crippen LogP) is 3.74. The lowest BCUT2D eigenvalue weighted by Gasteiger charge is -2.21. The molecule has 0 bridgehead atoms. The molecule has 1 unspecified atom stereocenters. The summed E-state index contributed by atoms with van der Waals surface area (Å²) in [5.74, 6) is -0.705. The van der Waals surface area contributed by atoms with Gasteiger partial charge in [-0.2, -0.15) is 5.21 Å². The Kier molecular flexibility index (Phi) is 6.06. The highest BCUT2D eigenvalue weighted by molar-refractivity contribution is 5.87. The zero-order valence-electron chi connectivity index (χ0n) is 18.7. The van der Waals surface area contributed by atoms with E-state index in [0.29, 0.717) is 24.5 Å². The molecule has 33 heavy (non-hydrogen) atoms. The molecule has 0 aliphatic carbocycles. The van der Waals surface area contributed by atoms with Crippen molar-refractivity contribution in [1.82, 2.24) is 30.2 Å². The number of nitrogens with one attached hydrogen (secondary N) is 1. The fourth-order valence-electron chi connectivity index (χ4n) is 4.15. The van der Waals surface area contributed by atoms with Crippen LogP contribution < -0.4 is 0 Å². The third-order valence-electron chi connectivity index (χ3n) is 5.47. The molecule has 170 valence electrons. The molecule has 0 amide bonds. The maximum absolute atomic E-state index is 12.0. The van der Waals surface area contributed by atoms with Gasteiger partial charge < -0.3 is 14.8 Å². The Labute approximate surface area is 191 Å². The summed E-state index contributed by atoms with van der Waals surface area (Å²) in [6, 6.07) is 15.7. The van der Waals surface area contributed by atoms with Crippen LogP contribution in [-0.4, -0.2) is 52.0 Å². The van der Waals surface area contributed by atoms with Gasteiger partial charge in [-0.05, 0) is 42.2 Å².